The minimum Gasteiger partial charge on any atom is -0.481 e. The highest BCUT2D eigenvalue weighted by Crippen LogP contribution is 2.18. The van der Waals surface area contributed by atoms with Gasteiger partial charge in [0.1, 0.15) is 0 Å². The summed E-state index contributed by atoms with van der Waals surface area (Å²) in [5.41, 5.74) is 1.70. The Kier molecular flexibility index (Phi) is 5.31. The fourth-order valence-corrected chi connectivity index (χ4v) is 2.67. The molecule has 0 aromatic heterocycles. The van der Waals surface area contributed by atoms with Crippen molar-refractivity contribution in [3.8, 4) is 0 Å². The molecule has 0 radical (unpaired) electrons. The van der Waals surface area contributed by atoms with Crippen LogP contribution in [0.4, 0.5) is 0 Å². The molecule has 1 aromatic rings. The van der Waals surface area contributed by atoms with E-state index < -0.39 is 11.9 Å². The lowest BCUT2D eigenvalue weighted by molar-refractivity contribution is -0.145. The first-order valence-electron chi connectivity index (χ1n) is 7.58. The maximum Gasteiger partial charge on any atom is 0.308 e. The second kappa shape index (κ2) is 7.20. The molecular weight excluding hydrogens is 282 g/mol. The largest absolute Gasteiger partial charge is 0.481 e. The van der Waals surface area contributed by atoms with E-state index in [0.29, 0.717) is 24.9 Å². The zero-order chi connectivity index (χ0) is 16.1. The maximum absolute atomic E-state index is 12.1. The molecule has 1 saturated heterocycles. The molecule has 0 spiro atoms. The Labute approximate surface area is 129 Å². The summed E-state index contributed by atoms with van der Waals surface area (Å²) in [5, 5.41) is 9.03. The first-order valence-corrected chi connectivity index (χ1v) is 7.58. The Bertz CT molecular complexity index is 565. The van der Waals surface area contributed by atoms with E-state index in [9.17, 15) is 14.4 Å². The predicted molar refractivity (Wildman–Crippen MR) is 81.7 cm³/mol. The summed E-state index contributed by atoms with van der Waals surface area (Å²) >= 11 is 0. The van der Waals surface area contributed by atoms with E-state index in [-0.39, 0.29) is 31.1 Å². The third-order valence-electron chi connectivity index (χ3n) is 4.06. The van der Waals surface area contributed by atoms with Gasteiger partial charge in [0, 0.05) is 31.5 Å². The van der Waals surface area contributed by atoms with Crippen molar-refractivity contribution in [1.29, 1.82) is 0 Å². The Morgan fingerprint density at radius 3 is 2.50 bits per heavy atom. The molecule has 1 aliphatic heterocycles. The molecule has 0 aliphatic carbocycles. The van der Waals surface area contributed by atoms with Crippen molar-refractivity contribution >= 4 is 17.7 Å². The fraction of sp³-hybridized carbons (Fsp3) is 0.471. The topological polar surface area (TPSA) is 74.7 Å². The molecular formula is C17H21NO4. The number of rotatable bonds is 5. The lowest BCUT2D eigenvalue weighted by Gasteiger charge is -2.30. The van der Waals surface area contributed by atoms with E-state index in [2.05, 4.69) is 0 Å². The number of nitrogens with zero attached hydrogens (tertiary/aromatic N) is 1. The zero-order valence-electron chi connectivity index (χ0n) is 12.7. The lowest BCUT2D eigenvalue weighted by Crippen LogP contribution is -2.42. The summed E-state index contributed by atoms with van der Waals surface area (Å²) in [4.78, 5) is 36.8. The van der Waals surface area contributed by atoms with Crippen LogP contribution in [0.5, 0.6) is 0 Å². The summed E-state index contributed by atoms with van der Waals surface area (Å²) in [6, 6.07) is 7.28. The van der Waals surface area contributed by atoms with Gasteiger partial charge >= 0.3 is 5.97 Å². The van der Waals surface area contributed by atoms with Crippen LogP contribution < -0.4 is 0 Å². The van der Waals surface area contributed by atoms with Crippen molar-refractivity contribution in [3.63, 3.8) is 0 Å². The molecule has 1 aromatic carbocycles. The van der Waals surface area contributed by atoms with Crippen molar-refractivity contribution in [2.24, 2.45) is 5.92 Å². The van der Waals surface area contributed by atoms with Crippen LogP contribution in [0.15, 0.2) is 24.3 Å². The van der Waals surface area contributed by atoms with Crippen LogP contribution >= 0.6 is 0 Å². The number of piperidine rings is 1. The van der Waals surface area contributed by atoms with Crippen molar-refractivity contribution in [2.45, 2.75) is 32.6 Å². The van der Waals surface area contributed by atoms with Gasteiger partial charge in [0.25, 0.3) is 0 Å². The molecule has 5 heteroatoms. The molecule has 1 amide bonds. The molecule has 22 heavy (non-hydrogen) atoms. The molecule has 1 fully saturated rings. The van der Waals surface area contributed by atoms with Crippen molar-refractivity contribution in [1.82, 2.24) is 4.90 Å². The second-order valence-corrected chi connectivity index (χ2v) is 5.81. The molecule has 1 unspecified atom stereocenters. The van der Waals surface area contributed by atoms with Gasteiger partial charge in [-0.15, -0.1) is 0 Å². The third kappa shape index (κ3) is 4.16. The van der Waals surface area contributed by atoms with Crippen LogP contribution in [0.1, 0.15) is 41.6 Å². The number of ketones is 1. The number of Topliss-reactive ketones (excluding diaryl/α,β-unsaturated/α-hetero) is 1. The average Bonchev–Trinajstić information content (AvgIpc) is 2.53. The van der Waals surface area contributed by atoms with Crippen molar-refractivity contribution < 1.29 is 19.5 Å². The molecule has 5 nitrogen and oxygen atoms in total. The molecule has 1 N–H and O–H groups in total. The third-order valence-corrected chi connectivity index (χ3v) is 4.06. The summed E-state index contributed by atoms with van der Waals surface area (Å²) in [6.07, 6.45) is 1.62. The van der Waals surface area contributed by atoms with Crippen LogP contribution in [0.3, 0.4) is 0 Å². The number of benzene rings is 1. The first kappa shape index (κ1) is 16.2. The van der Waals surface area contributed by atoms with Crippen molar-refractivity contribution in [2.75, 3.05) is 13.1 Å². The minimum atomic E-state index is -0.853. The Balaban J connectivity index is 1.85. The number of carbonyl (C=O) groups is 3. The number of carbonyl (C=O) groups excluding carboxylic acids is 2. The van der Waals surface area contributed by atoms with Crippen LogP contribution in [-0.2, 0) is 9.59 Å². The highest BCUT2D eigenvalue weighted by atomic mass is 16.4. The lowest BCUT2D eigenvalue weighted by atomic mass is 9.97. The molecule has 1 aliphatic rings. The van der Waals surface area contributed by atoms with Gasteiger partial charge < -0.3 is 10.0 Å². The van der Waals surface area contributed by atoms with E-state index in [4.69, 9.17) is 5.11 Å². The monoisotopic (exact) mass is 303 g/mol. The number of amides is 1. The van der Waals surface area contributed by atoms with E-state index in [1.54, 1.807) is 17.0 Å². The molecule has 118 valence electrons. The number of likely N-dealkylation sites (tertiary alicyclic amines) is 1. The molecule has 1 atom stereocenters. The first-order chi connectivity index (χ1) is 10.5. The van der Waals surface area contributed by atoms with Crippen LogP contribution in [0.2, 0.25) is 0 Å². The average molecular weight is 303 g/mol. The van der Waals surface area contributed by atoms with Gasteiger partial charge in [-0.2, -0.15) is 0 Å². The standard InChI is InChI=1S/C17H21NO4/c1-12-4-6-13(7-5-12)15(19)8-9-16(20)18-10-2-3-14(11-18)17(21)22/h4-7,14H,2-3,8-11H2,1H3,(H,21,22). The van der Waals surface area contributed by atoms with Gasteiger partial charge in [-0.05, 0) is 19.8 Å². The molecule has 2 rings (SSSR count). The highest BCUT2D eigenvalue weighted by molar-refractivity contribution is 5.98. The summed E-state index contributed by atoms with van der Waals surface area (Å²) in [5.74, 6) is -1.52. The number of carboxylic acid groups (broad SMARTS) is 1. The molecule has 0 bridgehead atoms. The number of aryl methyl sites for hydroxylation is 1. The van der Waals surface area contributed by atoms with Crippen LogP contribution in [0.25, 0.3) is 0 Å². The van der Waals surface area contributed by atoms with Gasteiger partial charge in [0.2, 0.25) is 5.91 Å². The van der Waals surface area contributed by atoms with Crippen LogP contribution in [0, 0.1) is 12.8 Å². The van der Waals surface area contributed by atoms with E-state index in [0.717, 1.165) is 5.56 Å². The van der Waals surface area contributed by atoms with Gasteiger partial charge in [0.15, 0.2) is 5.78 Å². The SMILES string of the molecule is Cc1ccc(C(=O)CCC(=O)N2CCCC(C(=O)O)C2)cc1. The minimum absolute atomic E-state index is 0.0554. The smallest absolute Gasteiger partial charge is 0.308 e. The van der Waals surface area contributed by atoms with E-state index in [1.165, 1.54) is 0 Å². The Hall–Kier alpha value is -2.17. The fourth-order valence-electron chi connectivity index (χ4n) is 2.67. The van der Waals surface area contributed by atoms with Gasteiger partial charge in [-0.1, -0.05) is 29.8 Å². The Morgan fingerprint density at radius 1 is 1.18 bits per heavy atom. The molecule has 0 saturated carbocycles. The number of carboxylic acids is 1. The van der Waals surface area contributed by atoms with Gasteiger partial charge in [-0.25, -0.2) is 0 Å². The van der Waals surface area contributed by atoms with E-state index >= 15 is 0 Å². The summed E-state index contributed by atoms with van der Waals surface area (Å²) in [7, 11) is 0. The number of hydrogen-bond acceptors (Lipinski definition) is 3. The predicted octanol–water partition coefficient (Wildman–Crippen LogP) is 2.28. The zero-order valence-corrected chi connectivity index (χ0v) is 12.7. The van der Waals surface area contributed by atoms with E-state index in [1.807, 2.05) is 19.1 Å². The second-order valence-electron chi connectivity index (χ2n) is 5.81. The maximum atomic E-state index is 12.1. The number of aliphatic carboxylic acids is 1. The highest BCUT2D eigenvalue weighted by Gasteiger charge is 2.28. The molecule has 1 heterocycles. The number of hydrogen-bond donors (Lipinski definition) is 1. The summed E-state index contributed by atoms with van der Waals surface area (Å²) < 4.78 is 0. The van der Waals surface area contributed by atoms with Crippen LogP contribution in [-0.4, -0.2) is 40.8 Å². The normalized spacial score (nSPS) is 18.0. The Morgan fingerprint density at radius 2 is 1.86 bits per heavy atom. The van der Waals surface area contributed by atoms with Crippen molar-refractivity contribution in [3.05, 3.63) is 35.4 Å². The van der Waals surface area contributed by atoms with Gasteiger partial charge in [-0.3, -0.25) is 14.4 Å². The quantitative estimate of drug-likeness (QED) is 0.847. The van der Waals surface area contributed by atoms with Gasteiger partial charge in [0.05, 0.1) is 5.92 Å². The summed E-state index contributed by atoms with van der Waals surface area (Å²) in [6.45, 7) is 2.79.